The van der Waals surface area contributed by atoms with Crippen LogP contribution in [0.25, 0.3) is 11.0 Å². The molecule has 0 atom stereocenters. The number of nitrogens with zero attached hydrogens (tertiary/aromatic N) is 2. The summed E-state index contributed by atoms with van der Waals surface area (Å²) in [6.07, 6.45) is 4.41. The van der Waals surface area contributed by atoms with E-state index in [2.05, 4.69) is 21.4 Å². The van der Waals surface area contributed by atoms with Gasteiger partial charge in [0, 0.05) is 5.69 Å². The van der Waals surface area contributed by atoms with Gasteiger partial charge in [0.25, 0.3) is 5.91 Å². The number of fused-ring (bicyclic) bond motifs is 2. The largest absolute Gasteiger partial charge is 0.479 e. The highest BCUT2D eigenvalue weighted by Gasteiger charge is 2.20. The van der Waals surface area contributed by atoms with Crippen LogP contribution in [0.4, 0.5) is 5.69 Å². The molecular formula is C22H23N3O2. The van der Waals surface area contributed by atoms with Crippen molar-refractivity contribution in [2.45, 2.75) is 39.5 Å². The van der Waals surface area contributed by atoms with E-state index >= 15 is 0 Å². The zero-order chi connectivity index (χ0) is 19.0. The Morgan fingerprint density at radius 3 is 2.48 bits per heavy atom. The molecule has 1 aliphatic rings. The van der Waals surface area contributed by atoms with Crippen molar-refractivity contribution in [1.82, 2.24) is 9.97 Å². The first-order valence-corrected chi connectivity index (χ1v) is 9.32. The zero-order valence-corrected chi connectivity index (χ0v) is 15.9. The van der Waals surface area contributed by atoms with Gasteiger partial charge in [0.2, 0.25) is 5.88 Å². The molecular weight excluding hydrogens is 338 g/mol. The van der Waals surface area contributed by atoms with Gasteiger partial charge in [0.15, 0.2) is 5.69 Å². The molecule has 3 aromatic rings. The average Bonchev–Trinajstić information content (AvgIpc) is 2.68. The van der Waals surface area contributed by atoms with Crippen molar-refractivity contribution in [2.75, 3.05) is 12.4 Å². The Morgan fingerprint density at radius 1 is 1.04 bits per heavy atom. The normalized spacial score (nSPS) is 13.3. The molecule has 0 radical (unpaired) electrons. The number of benzene rings is 2. The number of carbonyl (C=O) groups is 1. The molecule has 0 spiro atoms. The number of ether oxygens (including phenoxy) is 1. The lowest BCUT2D eigenvalue weighted by Gasteiger charge is -2.19. The molecule has 1 N–H and O–H groups in total. The molecule has 5 heteroatoms. The van der Waals surface area contributed by atoms with Gasteiger partial charge < -0.3 is 10.1 Å². The summed E-state index contributed by atoms with van der Waals surface area (Å²) in [5, 5.41) is 3.03. The Hall–Kier alpha value is -2.95. The second kappa shape index (κ2) is 6.99. The van der Waals surface area contributed by atoms with Crippen LogP contribution < -0.4 is 10.1 Å². The first-order valence-electron chi connectivity index (χ1n) is 9.32. The molecule has 1 heterocycles. The number of hydrogen-bond donors (Lipinski definition) is 1. The van der Waals surface area contributed by atoms with E-state index in [9.17, 15) is 4.79 Å². The molecule has 0 fully saturated rings. The third-order valence-electron chi connectivity index (χ3n) is 5.30. The van der Waals surface area contributed by atoms with E-state index in [-0.39, 0.29) is 17.5 Å². The molecule has 1 aliphatic carbocycles. The van der Waals surface area contributed by atoms with Crippen molar-refractivity contribution < 1.29 is 9.53 Å². The van der Waals surface area contributed by atoms with Crippen molar-refractivity contribution in [3.63, 3.8) is 0 Å². The molecule has 27 heavy (non-hydrogen) atoms. The van der Waals surface area contributed by atoms with Gasteiger partial charge in [-0.2, -0.15) is 0 Å². The van der Waals surface area contributed by atoms with Crippen LogP contribution in [0.3, 0.4) is 0 Å². The first-order chi connectivity index (χ1) is 13.1. The first kappa shape index (κ1) is 17.5. The van der Waals surface area contributed by atoms with Gasteiger partial charge in [-0.25, -0.2) is 9.97 Å². The maximum absolute atomic E-state index is 13.0. The fourth-order valence-corrected chi connectivity index (χ4v) is 3.67. The van der Waals surface area contributed by atoms with Gasteiger partial charge in [0.05, 0.1) is 18.1 Å². The molecule has 2 aromatic carbocycles. The Balaban J connectivity index is 1.73. The van der Waals surface area contributed by atoms with E-state index < -0.39 is 0 Å². The molecule has 5 nitrogen and oxygen atoms in total. The van der Waals surface area contributed by atoms with Gasteiger partial charge in [-0.15, -0.1) is 0 Å². The Bertz CT molecular complexity index is 1040. The van der Waals surface area contributed by atoms with Crippen LogP contribution in [0.15, 0.2) is 30.3 Å². The summed E-state index contributed by atoms with van der Waals surface area (Å²) in [5.41, 5.74) is 7.29. The molecule has 1 aromatic heterocycles. The van der Waals surface area contributed by atoms with E-state index in [4.69, 9.17) is 4.74 Å². The highest BCUT2D eigenvalue weighted by molar-refractivity contribution is 6.05. The number of aromatic nitrogens is 2. The number of rotatable bonds is 3. The minimum Gasteiger partial charge on any atom is -0.479 e. The molecule has 0 saturated carbocycles. The quantitative estimate of drug-likeness (QED) is 0.752. The van der Waals surface area contributed by atoms with Crippen molar-refractivity contribution in [3.8, 4) is 5.88 Å². The van der Waals surface area contributed by atoms with Gasteiger partial charge in [-0.3, -0.25) is 4.79 Å². The predicted octanol–water partition coefficient (Wildman–Crippen LogP) is 4.39. The van der Waals surface area contributed by atoms with Gasteiger partial charge in [0.1, 0.15) is 0 Å². The van der Waals surface area contributed by atoms with Crippen LogP contribution in [-0.4, -0.2) is 23.0 Å². The number of carbonyl (C=O) groups excluding carboxylic acids is 1. The highest BCUT2D eigenvalue weighted by atomic mass is 16.5. The number of aryl methyl sites for hydroxylation is 3. The van der Waals surface area contributed by atoms with E-state index in [1.165, 1.54) is 24.7 Å². The second-order valence-corrected chi connectivity index (χ2v) is 7.11. The van der Waals surface area contributed by atoms with Crippen molar-refractivity contribution in [2.24, 2.45) is 0 Å². The van der Waals surface area contributed by atoms with Gasteiger partial charge >= 0.3 is 0 Å². The lowest BCUT2D eigenvalue weighted by molar-refractivity contribution is 0.101. The number of methoxy groups -OCH3 is 1. The van der Waals surface area contributed by atoms with Crippen LogP contribution in [0, 0.1) is 13.8 Å². The summed E-state index contributed by atoms with van der Waals surface area (Å²) in [5.74, 6) is -0.0495. The van der Waals surface area contributed by atoms with Crippen LogP contribution in [0.5, 0.6) is 5.88 Å². The number of nitrogens with one attached hydrogen (secondary N) is 1. The van der Waals surface area contributed by atoms with Gasteiger partial charge in [-0.1, -0.05) is 12.1 Å². The van der Waals surface area contributed by atoms with E-state index in [1.807, 2.05) is 38.1 Å². The van der Waals surface area contributed by atoms with Crippen LogP contribution in [0.1, 0.15) is 45.6 Å². The molecule has 0 aliphatic heterocycles. The number of anilines is 1. The van der Waals surface area contributed by atoms with E-state index in [0.717, 1.165) is 41.6 Å². The molecule has 0 unspecified atom stereocenters. The van der Waals surface area contributed by atoms with Crippen LogP contribution in [-0.2, 0) is 12.8 Å². The molecule has 0 bridgehead atoms. The maximum Gasteiger partial charge on any atom is 0.279 e. The van der Waals surface area contributed by atoms with E-state index in [1.54, 1.807) is 0 Å². The lowest BCUT2D eigenvalue weighted by atomic mass is 9.90. The minimum atomic E-state index is -0.293. The average molecular weight is 361 g/mol. The lowest BCUT2D eigenvalue weighted by Crippen LogP contribution is -2.18. The van der Waals surface area contributed by atoms with Crippen LogP contribution in [0.2, 0.25) is 0 Å². The maximum atomic E-state index is 13.0. The topological polar surface area (TPSA) is 64.1 Å². The Kier molecular flexibility index (Phi) is 4.52. The smallest absolute Gasteiger partial charge is 0.279 e. The minimum absolute atomic E-state index is 0.210. The summed E-state index contributed by atoms with van der Waals surface area (Å²) >= 11 is 0. The van der Waals surface area contributed by atoms with Crippen LogP contribution >= 0.6 is 0 Å². The third-order valence-corrected chi connectivity index (χ3v) is 5.30. The monoisotopic (exact) mass is 361 g/mol. The molecule has 4 rings (SSSR count). The zero-order valence-electron chi connectivity index (χ0n) is 15.9. The fourth-order valence-electron chi connectivity index (χ4n) is 3.67. The molecule has 1 amide bonds. The molecule has 138 valence electrons. The number of amides is 1. The number of hydrogen-bond acceptors (Lipinski definition) is 4. The third kappa shape index (κ3) is 3.25. The summed E-state index contributed by atoms with van der Waals surface area (Å²) < 4.78 is 5.36. The molecule has 0 saturated heterocycles. The summed E-state index contributed by atoms with van der Waals surface area (Å²) in [6.45, 7) is 4.05. The van der Waals surface area contributed by atoms with Crippen molar-refractivity contribution in [1.29, 1.82) is 0 Å². The predicted molar refractivity (Wildman–Crippen MR) is 107 cm³/mol. The highest BCUT2D eigenvalue weighted by Crippen LogP contribution is 2.29. The van der Waals surface area contributed by atoms with Crippen molar-refractivity contribution in [3.05, 3.63) is 58.3 Å². The fraction of sp³-hybridized carbons (Fsp3) is 0.318. The summed E-state index contributed by atoms with van der Waals surface area (Å²) in [6, 6.07) is 10.0. The van der Waals surface area contributed by atoms with E-state index in [0.29, 0.717) is 5.52 Å². The Morgan fingerprint density at radius 2 is 1.74 bits per heavy atom. The second-order valence-electron chi connectivity index (χ2n) is 7.11. The van der Waals surface area contributed by atoms with Gasteiger partial charge in [-0.05, 0) is 80.0 Å². The summed E-state index contributed by atoms with van der Waals surface area (Å²) in [7, 11) is 1.51. The Labute approximate surface area is 158 Å². The van der Waals surface area contributed by atoms with Crippen molar-refractivity contribution >= 4 is 22.6 Å². The summed E-state index contributed by atoms with van der Waals surface area (Å²) in [4.78, 5) is 22.0. The SMILES string of the molecule is COc1nc2cc(C)c(C)cc2nc1C(=O)Nc1cccc2c1CCCC2. The standard InChI is InChI=1S/C22H23N3O2/c1-13-11-18-19(12-14(13)2)25-22(27-3)20(23-18)21(26)24-17-10-6-8-15-7-4-5-9-16(15)17/h6,8,10-12H,4-5,7,9H2,1-3H3,(H,24,26).